The summed E-state index contributed by atoms with van der Waals surface area (Å²) in [5.41, 5.74) is 11.9. The van der Waals surface area contributed by atoms with E-state index in [2.05, 4.69) is 87.1 Å². The lowest BCUT2D eigenvalue weighted by molar-refractivity contribution is 0.204. The minimum absolute atomic E-state index is 0.528. The number of hydrogen-bond donors (Lipinski definition) is 1. The predicted octanol–water partition coefficient (Wildman–Crippen LogP) is 7.68. The third kappa shape index (κ3) is 5.91. The van der Waals surface area contributed by atoms with Crippen LogP contribution in [0.25, 0.3) is 5.57 Å². The maximum Gasteiger partial charge on any atom is 0.0233 e. The van der Waals surface area contributed by atoms with Gasteiger partial charge in [0.2, 0.25) is 0 Å². The number of nitrogens with one attached hydrogen (secondary N) is 1. The van der Waals surface area contributed by atoms with Gasteiger partial charge in [-0.05, 0) is 118 Å². The van der Waals surface area contributed by atoms with Gasteiger partial charge in [0.15, 0.2) is 0 Å². The molecule has 0 spiro atoms. The molecular weight excluding hydrogens is 412 g/mol. The molecule has 1 atom stereocenters. The molecule has 2 aliphatic rings. The van der Waals surface area contributed by atoms with Crippen LogP contribution in [0.3, 0.4) is 0 Å². The van der Waals surface area contributed by atoms with Crippen LogP contribution in [0, 0.1) is 19.8 Å². The third-order valence-corrected chi connectivity index (χ3v) is 8.01. The highest BCUT2D eigenvalue weighted by Gasteiger charge is 2.23. The average molecular weight is 455 g/mol. The van der Waals surface area contributed by atoms with Gasteiger partial charge in [0.1, 0.15) is 0 Å². The van der Waals surface area contributed by atoms with Crippen LogP contribution in [0.4, 0.5) is 0 Å². The van der Waals surface area contributed by atoms with Crippen molar-refractivity contribution in [3.63, 3.8) is 0 Å². The van der Waals surface area contributed by atoms with E-state index in [4.69, 9.17) is 0 Å². The monoisotopic (exact) mass is 454 g/mol. The second kappa shape index (κ2) is 10.8. The van der Waals surface area contributed by atoms with E-state index in [9.17, 15) is 0 Å². The fraction of sp³-hybridized carbons (Fsp3) is 0.438. The standard InChI is InChI=1S/C32H42N2/c1-22(2)32-14-13-30(20-31(32)12-11-28-10-8-25(5)33-26(28)6)29-15-17-34(18-16-29)21-27-9-7-23(3)24(4)19-27/h7,9,13-14,19-20,28-29,33H,1,5-6,8,10-12,15-18,21H2,2-4H3. The molecule has 2 aromatic carbocycles. The maximum absolute atomic E-state index is 4.26. The summed E-state index contributed by atoms with van der Waals surface area (Å²) in [6, 6.07) is 14.1. The normalized spacial score (nSPS) is 19.8. The number of allylic oxidation sites excluding steroid dienone is 3. The first-order valence-electron chi connectivity index (χ1n) is 13.0. The van der Waals surface area contributed by atoms with Crippen molar-refractivity contribution in [2.45, 2.75) is 71.8 Å². The van der Waals surface area contributed by atoms with Crippen LogP contribution in [0.2, 0.25) is 0 Å². The summed E-state index contributed by atoms with van der Waals surface area (Å²) in [5, 5.41) is 3.38. The maximum atomic E-state index is 4.26. The van der Waals surface area contributed by atoms with Crippen molar-refractivity contribution in [2.75, 3.05) is 13.1 Å². The lowest BCUT2D eigenvalue weighted by atomic mass is 9.84. The summed E-state index contributed by atoms with van der Waals surface area (Å²) in [6.07, 6.45) is 6.91. The van der Waals surface area contributed by atoms with E-state index in [0.717, 1.165) is 43.6 Å². The zero-order valence-corrected chi connectivity index (χ0v) is 21.6. The zero-order valence-electron chi connectivity index (χ0n) is 21.6. The molecule has 2 fully saturated rings. The van der Waals surface area contributed by atoms with Crippen molar-refractivity contribution in [1.82, 2.24) is 10.2 Å². The number of likely N-dealkylation sites (tertiary alicyclic amines) is 1. The molecule has 2 heterocycles. The summed E-state index contributed by atoms with van der Waals surface area (Å²) < 4.78 is 0. The van der Waals surface area contributed by atoms with E-state index in [-0.39, 0.29) is 0 Å². The molecule has 0 saturated carbocycles. The Kier molecular flexibility index (Phi) is 7.78. The van der Waals surface area contributed by atoms with Gasteiger partial charge in [-0.3, -0.25) is 4.90 Å². The molecule has 0 aliphatic carbocycles. The molecule has 4 rings (SSSR count). The molecule has 2 nitrogen and oxygen atoms in total. The quantitative estimate of drug-likeness (QED) is 0.461. The van der Waals surface area contributed by atoms with Gasteiger partial charge in [-0.15, -0.1) is 0 Å². The molecule has 0 bridgehead atoms. The molecule has 1 N–H and O–H groups in total. The van der Waals surface area contributed by atoms with Gasteiger partial charge in [0, 0.05) is 17.9 Å². The Bertz CT molecular complexity index is 1070. The Labute approximate surface area is 207 Å². The van der Waals surface area contributed by atoms with Crippen molar-refractivity contribution in [3.05, 3.63) is 101 Å². The van der Waals surface area contributed by atoms with Crippen molar-refractivity contribution in [3.8, 4) is 0 Å². The van der Waals surface area contributed by atoms with Crippen LogP contribution in [0.5, 0.6) is 0 Å². The van der Waals surface area contributed by atoms with Gasteiger partial charge in [0.25, 0.3) is 0 Å². The Morgan fingerprint density at radius 2 is 1.76 bits per heavy atom. The topological polar surface area (TPSA) is 15.3 Å². The van der Waals surface area contributed by atoms with E-state index >= 15 is 0 Å². The molecule has 0 amide bonds. The fourth-order valence-corrected chi connectivity index (χ4v) is 5.64. The minimum atomic E-state index is 0.528. The summed E-state index contributed by atoms with van der Waals surface area (Å²) in [6.45, 7) is 22.5. The first-order valence-corrected chi connectivity index (χ1v) is 13.0. The third-order valence-electron chi connectivity index (χ3n) is 8.01. The number of nitrogens with zero attached hydrogens (tertiary/aromatic N) is 1. The second-order valence-electron chi connectivity index (χ2n) is 10.7. The first kappa shape index (κ1) is 24.5. The molecular formula is C32H42N2. The summed E-state index contributed by atoms with van der Waals surface area (Å²) in [7, 11) is 0. The van der Waals surface area contributed by atoms with Gasteiger partial charge < -0.3 is 5.32 Å². The van der Waals surface area contributed by atoms with Crippen molar-refractivity contribution in [1.29, 1.82) is 0 Å². The van der Waals surface area contributed by atoms with E-state index in [1.54, 1.807) is 0 Å². The van der Waals surface area contributed by atoms with E-state index in [1.165, 1.54) is 64.9 Å². The Balaban J connectivity index is 1.39. The Hall–Kier alpha value is -2.58. The van der Waals surface area contributed by atoms with Crippen LogP contribution in [-0.2, 0) is 13.0 Å². The Morgan fingerprint density at radius 3 is 2.44 bits per heavy atom. The smallest absolute Gasteiger partial charge is 0.0233 e. The van der Waals surface area contributed by atoms with Gasteiger partial charge >= 0.3 is 0 Å². The van der Waals surface area contributed by atoms with Crippen molar-refractivity contribution < 1.29 is 0 Å². The Morgan fingerprint density at radius 1 is 1.00 bits per heavy atom. The van der Waals surface area contributed by atoms with Gasteiger partial charge in [-0.2, -0.15) is 0 Å². The number of hydrogen-bond acceptors (Lipinski definition) is 2. The lowest BCUT2D eigenvalue weighted by Crippen LogP contribution is -2.32. The first-order chi connectivity index (χ1) is 16.3. The van der Waals surface area contributed by atoms with Gasteiger partial charge in [0.05, 0.1) is 0 Å². The molecule has 2 aliphatic heterocycles. The molecule has 2 heteroatoms. The average Bonchev–Trinajstić information content (AvgIpc) is 2.81. The molecule has 2 aromatic rings. The van der Waals surface area contributed by atoms with Crippen molar-refractivity contribution >= 4 is 5.57 Å². The van der Waals surface area contributed by atoms with Crippen LogP contribution in [0.1, 0.15) is 78.3 Å². The zero-order chi connectivity index (χ0) is 24.2. The van der Waals surface area contributed by atoms with Gasteiger partial charge in [-0.1, -0.05) is 61.7 Å². The fourth-order valence-electron chi connectivity index (χ4n) is 5.64. The number of rotatable bonds is 7. The summed E-state index contributed by atoms with van der Waals surface area (Å²) in [4.78, 5) is 2.62. The largest absolute Gasteiger partial charge is 0.363 e. The van der Waals surface area contributed by atoms with E-state index < -0.39 is 0 Å². The highest BCUT2D eigenvalue weighted by molar-refractivity contribution is 5.65. The number of aryl methyl sites for hydroxylation is 3. The number of benzene rings is 2. The molecule has 0 radical (unpaired) electrons. The lowest BCUT2D eigenvalue weighted by Gasteiger charge is -2.33. The molecule has 34 heavy (non-hydrogen) atoms. The van der Waals surface area contributed by atoms with E-state index in [1.807, 2.05) is 0 Å². The van der Waals surface area contributed by atoms with Gasteiger partial charge in [-0.25, -0.2) is 0 Å². The SMILES string of the molecule is C=C1CCC(CCc2cc(C3CCN(Cc4ccc(C)c(C)c4)CC3)ccc2C(=C)C)C(=C)N1. The van der Waals surface area contributed by atoms with Crippen LogP contribution < -0.4 is 5.32 Å². The molecule has 1 unspecified atom stereocenters. The number of piperidine rings is 2. The second-order valence-corrected chi connectivity index (χ2v) is 10.7. The summed E-state index contributed by atoms with van der Waals surface area (Å²) >= 11 is 0. The predicted molar refractivity (Wildman–Crippen MR) is 147 cm³/mol. The molecule has 0 aromatic heterocycles. The van der Waals surface area contributed by atoms with Crippen LogP contribution in [-0.4, -0.2) is 18.0 Å². The summed E-state index contributed by atoms with van der Waals surface area (Å²) in [5.74, 6) is 1.18. The minimum Gasteiger partial charge on any atom is -0.363 e. The highest BCUT2D eigenvalue weighted by Crippen LogP contribution is 2.33. The molecule has 2 saturated heterocycles. The van der Waals surface area contributed by atoms with E-state index in [0.29, 0.717) is 11.8 Å². The van der Waals surface area contributed by atoms with Crippen LogP contribution >= 0.6 is 0 Å². The molecule has 180 valence electrons. The van der Waals surface area contributed by atoms with Crippen molar-refractivity contribution in [2.24, 2.45) is 5.92 Å². The highest BCUT2D eigenvalue weighted by atomic mass is 15.1. The van der Waals surface area contributed by atoms with Crippen LogP contribution in [0.15, 0.2) is 67.5 Å².